The van der Waals surface area contributed by atoms with Crippen LogP contribution in [0, 0.1) is 11.8 Å². The second-order valence-corrected chi connectivity index (χ2v) is 5.98. The topological polar surface area (TPSA) is 12.0 Å². The third-order valence-corrected chi connectivity index (χ3v) is 4.49. The van der Waals surface area contributed by atoms with Gasteiger partial charge in [0.2, 0.25) is 0 Å². The fraction of sp³-hybridized carbons (Fsp3) is 1.00. The third-order valence-electron chi connectivity index (χ3n) is 4.49. The fourth-order valence-electron chi connectivity index (χ4n) is 3.18. The zero-order valence-electron chi connectivity index (χ0n) is 11.0. The van der Waals surface area contributed by atoms with E-state index in [9.17, 15) is 0 Å². The van der Waals surface area contributed by atoms with E-state index < -0.39 is 0 Å². The zero-order valence-corrected chi connectivity index (χ0v) is 11.0. The van der Waals surface area contributed by atoms with Gasteiger partial charge in [-0.25, -0.2) is 0 Å². The van der Waals surface area contributed by atoms with Crippen LogP contribution in [-0.4, -0.2) is 12.6 Å². The molecule has 0 aliphatic heterocycles. The number of hydrogen-bond donors (Lipinski definition) is 1. The minimum Gasteiger partial charge on any atom is -0.314 e. The summed E-state index contributed by atoms with van der Waals surface area (Å²) in [6, 6.07) is 0.898. The predicted molar refractivity (Wildman–Crippen MR) is 70.6 cm³/mol. The summed E-state index contributed by atoms with van der Waals surface area (Å²) in [6.45, 7) is 3.65. The van der Waals surface area contributed by atoms with Gasteiger partial charge in [-0.1, -0.05) is 51.9 Å². The summed E-state index contributed by atoms with van der Waals surface area (Å²) in [5.41, 5.74) is 0. The molecule has 1 nitrogen and oxygen atoms in total. The van der Waals surface area contributed by atoms with E-state index in [4.69, 9.17) is 0 Å². The van der Waals surface area contributed by atoms with E-state index in [0.717, 1.165) is 17.9 Å². The monoisotopic (exact) mass is 223 g/mol. The molecule has 1 heteroatoms. The lowest BCUT2D eigenvalue weighted by molar-refractivity contribution is 0.277. The van der Waals surface area contributed by atoms with Crippen LogP contribution >= 0.6 is 0 Å². The normalized spacial score (nSPS) is 31.3. The summed E-state index contributed by atoms with van der Waals surface area (Å²) in [6.07, 6.45) is 14.7. The molecule has 2 aliphatic rings. The molecular weight excluding hydrogens is 194 g/mol. The lowest BCUT2D eigenvalue weighted by Gasteiger charge is -2.25. The molecule has 0 spiro atoms. The fourth-order valence-corrected chi connectivity index (χ4v) is 3.18. The molecule has 2 saturated carbocycles. The maximum absolute atomic E-state index is 3.76. The average molecular weight is 223 g/mol. The van der Waals surface area contributed by atoms with Gasteiger partial charge in [-0.15, -0.1) is 0 Å². The summed E-state index contributed by atoms with van der Waals surface area (Å²) in [7, 11) is 0. The Morgan fingerprint density at radius 3 is 2.38 bits per heavy atom. The molecule has 2 rings (SSSR count). The van der Waals surface area contributed by atoms with E-state index in [-0.39, 0.29) is 0 Å². The molecule has 2 atom stereocenters. The van der Waals surface area contributed by atoms with E-state index in [2.05, 4.69) is 12.2 Å². The van der Waals surface area contributed by atoms with Gasteiger partial charge in [0, 0.05) is 6.04 Å². The Kier molecular flexibility index (Phi) is 5.15. The van der Waals surface area contributed by atoms with Crippen LogP contribution in [0.4, 0.5) is 0 Å². The molecule has 0 saturated heterocycles. The molecular formula is C15H29N. The van der Waals surface area contributed by atoms with Crippen LogP contribution in [0.2, 0.25) is 0 Å². The largest absolute Gasteiger partial charge is 0.314 e. The lowest BCUT2D eigenvalue weighted by Crippen LogP contribution is -2.29. The first-order chi connectivity index (χ1) is 7.90. The Hall–Kier alpha value is -0.0400. The first-order valence-corrected chi connectivity index (χ1v) is 7.63. The van der Waals surface area contributed by atoms with Crippen LogP contribution < -0.4 is 5.32 Å². The predicted octanol–water partition coefficient (Wildman–Crippen LogP) is 4.13. The molecule has 0 aromatic rings. The Morgan fingerprint density at radius 1 is 0.938 bits per heavy atom. The Balaban J connectivity index is 1.76. The lowest BCUT2D eigenvalue weighted by atomic mass is 9.84. The van der Waals surface area contributed by atoms with Gasteiger partial charge < -0.3 is 5.32 Å². The van der Waals surface area contributed by atoms with Gasteiger partial charge in [0.1, 0.15) is 0 Å². The molecule has 16 heavy (non-hydrogen) atoms. The average Bonchev–Trinajstić information content (AvgIpc) is 3.11. The first kappa shape index (κ1) is 12.4. The molecule has 94 valence electrons. The summed E-state index contributed by atoms with van der Waals surface area (Å²) in [5, 5.41) is 3.76. The maximum atomic E-state index is 3.76. The van der Waals surface area contributed by atoms with Gasteiger partial charge in [-0.2, -0.15) is 0 Å². The summed E-state index contributed by atoms with van der Waals surface area (Å²) >= 11 is 0. The highest BCUT2D eigenvalue weighted by Gasteiger charge is 2.26. The van der Waals surface area contributed by atoms with E-state index in [0.29, 0.717) is 0 Å². The van der Waals surface area contributed by atoms with Crippen molar-refractivity contribution in [1.82, 2.24) is 5.32 Å². The van der Waals surface area contributed by atoms with Crippen molar-refractivity contribution in [1.29, 1.82) is 0 Å². The highest BCUT2D eigenvalue weighted by Crippen LogP contribution is 2.32. The second kappa shape index (κ2) is 6.64. The van der Waals surface area contributed by atoms with Gasteiger partial charge in [0.15, 0.2) is 0 Å². The molecule has 1 N–H and O–H groups in total. The highest BCUT2D eigenvalue weighted by atomic mass is 14.9. The van der Waals surface area contributed by atoms with Gasteiger partial charge in [-0.05, 0) is 37.6 Å². The van der Waals surface area contributed by atoms with Crippen molar-refractivity contribution in [3.8, 4) is 0 Å². The molecule has 0 radical (unpaired) electrons. The highest BCUT2D eigenvalue weighted by molar-refractivity contribution is 4.84. The zero-order chi connectivity index (χ0) is 11.2. The van der Waals surface area contributed by atoms with Crippen molar-refractivity contribution in [3.05, 3.63) is 0 Å². The van der Waals surface area contributed by atoms with Crippen molar-refractivity contribution in [3.63, 3.8) is 0 Å². The molecule has 2 aliphatic carbocycles. The Morgan fingerprint density at radius 2 is 1.69 bits per heavy atom. The van der Waals surface area contributed by atoms with Crippen LogP contribution in [0.25, 0.3) is 0 Å². The van der Waals surface area contributed by atoms with Crippen molar-refractivity contribution >= 4 is 0 Å². The molecule has 0 aromatic heterocycles. The summed E-state index contributed by atoms with van der Waals surface area (Å²) in [5.74, 6) is 2.03. The summed E-state index contributed by atoms with van der Waals surface area (Å²) in [4.78, 5) is 0. The van der Waals surface area contributed by atoms with Gasteiger partial charge in [0.25, 0.3) is 0 Å². The van der Waals surface area contributed by atoms with Gasteiger partial charge >= 0.3 is 0 Å². The number of nitrogens with one attached hydrogen (secondary N) is 1. The minimum atomic E-state index is 0.898. The molecule has 2 fully saturated rings. The van der Waals surface area contributed by atoms with Crippen LogP contribution in [-0.2, 0) is 0 Å². The van der Waals surface area contributed by atoms with Crippen LogP contribution in [0.15, 0.2) is 0 Å². The smallest absolute Gasteiger partial charge is 0.00683 e. The molecule has 0 heterocycles. The van der Waals surface area contributed by atoms with Crippen LogP contribution in [0.3, 0.4) is 0 Å². The first-order valence-electron chi connectivity index (χ1n) is 7.63. The maximum Gasteiger partial charge on any atom is 0.00683 e. The van der Waals surface area contributed by atoms with Crippen LogP contribution in [0.5, 0.6) is 0 Å². The number of hydrogen-bond acceptors (Lipinski definition) is 1. The van der Waals surface area contributed by atoms with E-state index in [1.54, 1.807) is 0 Å². The van der Waals surface area contributed by atoms with E-state index in [1.807, 2.05) is 0 Å². The van der Waals surface area contributed by atoms with Crippen molar-refractivity contribution in [2.24, 2.45) is 11.8 Å². The standard InChI is InChI=1S/C15H29N/c1-2-3-7-13-8-5-4-6-9-14(13)12-16-15-10-11-15/h13-16H,2-12H2,1H3. The third kappa shape index (κ3) is 4.08. The quantitative estimate of drug-likeness (QED) is 0.668. The van der Waals surface area contributed by atoms with Crippen molar-refractivity contribution in [2.75, 3.05) is 6.54 Å². The van der Waals surface area contributed by atoms with Crippen molar-refractivity contribution in [2.45, 2.75) is 77.2 Å². The van der Waals surface area contributed by atoms with E-state index >= 15 is 0 Å². The minimum absolute atomic E-state index is 0.898. The van der Waals surface area contributed by atoms with Gasteiger partial charge in [0.05, 0.1) is 0 Å². The van der Waals surface area contributed by atoms with Crippen LogP contribution in [0.1, 0.15) is 71.1 Å². The SMILES string of the molecule is CCCCC1CCCCCC1CNC1CC1. The summed E-state index contributed by atoms with van der Waals surface area (Å²) < 4.78 is 0. The second-order valence-electron chi connectivity index (χ2n) is 5.98. The molecule has 0 aromatic carbocycles. The molecule has 0 bridgehead atoms. The van der Waals surface area contributed by atoms with E-state index in [1.165, 1.54) is 70.8 Å². The van der Waals surface area contributed by atoms with Crippen molar-refractivity contribution < 1.29 is 0 Å². The number of unbranched alkanes of at least 4 members (excludes halogenated alkanes) is 1. The number of rotatable bonds is 6. The Labute approximate surface area is 101 Å². The van der Waals surface area contributed by atoms with Gasteiger partial charge in [-0.3, -0.25) is 0 Å². The Bertz CT molecular complexity index is 186. The molecule has 0 amide bonds. The molecule has 2 unspecified atom stereocenters.